The minimum absolute atomic E-state index is 0.345. The van der Waals surface area contributed by atoms with Crippen molar-refractivity contribution in [3.8, 4) is 17.2 Å². The Balaban J connectivity index is 2.13. The fourth-order valence-electron chi connectivity index (χ4n) is 4.81. The van der Waals surface area contributed by atoms with Crippen molar-refractivity contribution in [3.05, 3.63) is 53.1 Å². The Morgan fingerprint density at radius 2 is 1.71 bits per heavy atom. The van der Waals surface area contributed by atoms with E-state index in [2.05, 4.69) is 13.8 Å². The zero-order valence-electron chi connectivity index (χ0n) is 21.3. The van der Waals surface area contributed by atoms with Crippen LogP contribution >= 0.6 is 0 Å². The lowest BCUT2D eigenvalue weighted by Gasteiger charge is -2.30. The van der Waals surface area contributed by atoms with Gasteiger partial charge < -0.3 is 24.0 Å². The molecule has 0 saturated carbocycles. The van der Waals surface area contributed by atoms with Crippen molar-refractivity contribution in [3.63, 3.8) is 0 Å². The van der Waals surface area contributed by atoms with Crippen molar-refractivity contribution in [1.29, 1.82) is 0 Å². The largest absolute Gasteiger partial charge is 0.497 e. The average Bonchev–Trinajstić information content (AvgIpc) is 3.12. The van der Waals surface area contributed by atoms with Crippen molar-refractivity contribution < 1.29 is 33.5 Å². The maximum Gasteiger partial charge on any atom is 0.291 e. The molecular formula is C27H35N2O6+. The highest BCUT2D eigenvalue weighted by Crippen LogP contribution is 2.45. The smallest absolute Gasteiger partial charge is 0.291 e. The SMILES string of the molecule is CC[NH+](CC)CCN1C(=O)C(=O)C(C(=O)c2ccc(OC)cc2C)C1c1cccc(OC)c1OC. The monoisotopic (exact) mass is 483 g/mol. The van der Waals surface area contributed by atoms with Crippen molar-refractivity contribution in [1.82, 2.24) is 4.90 Å². The summed E-state index contributed by atoms with van der Waals surface area (Å²) in [5.41, 5.74) is 1.64. The minimum Gasteiger partial charge on any atom is -0.497 e. The number of nitrogens with zero attached hydrogens (tertiary/aromatic N) is 1. The van der Waals surface area contributed by atoms with Gasteiger partial charge in [-0.2, -0.15) is 0 Å². The molecule has 0 bridgehead atoms. The van der Waals surface area contributed by atoms with Crippen LogP contribution < -0.4 is 19.1 Å². The van der Waals surface area contributed by atoms with Crippen LogP contribution in [0.3, 0.4) is 0 Å². The number of ketones is 2. The van der Waals surface area contributed by atoms with Gasteiger partial charge in [0.1, 0.15) is 11.7 Å². The molecule has 0 aliphatic carbocycles. The Hall–Kier alpha value is -3.39. The molecule has 2 aromatic carbocycles. The Kier molecular flexibility index (Phi) is 8.51. The number of carbonyl (C=O) groups excluding carboxylic acids is 3. The third kappa shape index (κ3) is 5.03. The number of hydrogen-bond acceptors (Lipinski definition) is 6. The van der Waals surface area contributed by atoms with Crippen LogP contribution in [0.5, 0.6) is 17.2 Å². The molecule has 0 radical (unpaired) electrons. The fourth-order valence-corrected chi connectivity index (χ4v) is 4.81. The number of carbonyl (C=O) groups is 3. The zero-order valence-corrected chi connectivity index (χ0v) is 21.3. The van der Waals surface area contributed by atoms with Gasteiger partial charge in [0.15, 0.2) is 17.3 Å². The second-order valence-corrected chi connectivity index (χ2v) is 8.62. The summed E-state index contributed by atoms with van der Waals surface area (Å²) in [6, 6.07) is 9.59. The number of rotatable bonds is 11. The van der Waals surface area contributed by atoms with E-state index in [4.69, 9.17) is 14.2 Å². The lowest BCUT2D eigenvalue weighted by atomic mass is 9.84. The van der Waals surface area contributed by atoms with E-state index < -0.39 is 29.4 Å². The summed E-state index contributed by atoms with van der Waals surface area (Å²) in [6.45, 7) is 8.75. The van der Waals surface area contributed by atoms with Crippen LogP contribution in [0.25, 0.3) is 0 Å². The second-order valence-electron chi connectivity index (χ2n) is 8.62. The molecule has 2 unspecified atom stereocenters. The summed E-state index contributed by atoms with van der Waals surface area (Å²) in [4.78, 5) is 43.3. The molecule has 1 aliphatic rings. The van der Waals surface area contributed by atoms with Gasteiger partial charge in [-0.15, -0.1) is 0 Å². The molecule has 3 rings (SSSR count). The van der Waals surface area contributed by atoms with Crippen LogP contribution in [0.2, 0.25) is 0 Å². The van der Waals surface area contributed by atoms with E-state index in [1.165, 1.54) is 24.0 Å². The Labute approximate surface area is 206 Å². The van der Waals surface area contributed by atoms with Crippen LogP contribution in [0.15, 0.2) is 36.4 Å². The number of likely N-dealkylation sites (N-methyl/N-ethyl adjacent to an activating group) is 1. The van der Waals surface area contributed by atoms with Gasteiger partial charge >= 0.3 is 0 Å². The first-order valence-corrected chi connectivity index (χ1v) is 11.9. The topological polar surface area (TPSA) is 86.6 Å². The van der Waals surface area contributed by atoms with Gasteiger partial charge in [-0.25, -0.2) is 0 Å². The van der Waals surface area contributed by atoms with Crippen LogP contribution in [0.4, 0.5) is 0 Å². The van der Waals surface area contributed by atoms with Crippen molar-refractivity contribution >= 4 is 17.5 Å². The van der Waals surface area contributed by atoms with E-state index >= 15 is 0 Å². The minimum atomic E-state index is -1.19. The number of aryl methyl sites for hydroxylation is 1. The number of nitrogens with one attached hydrogen (secondary N) is 1. The normalized spacial score (nSPS) is 17.7. The Morgan fingerprint density at radius 1 is 1.00 bits per heavy atom. The number of quaternary nitrogens is 1. The molecule has 1 amide bonds. The highest BCUT2D eigenvalue weighted by Gasteiger charge is 2.53. The number of Topliss-reactive ketones (excluding diaryl/α,β-unsaturated/α-hetero) is 2. The van der Waals surface area contributed by atoms with E-state index in [1.807, 2.05) is 0 Å². The number of likely N-dealkylation sites (tertiary alicyclic amines) is 1. The molecular weight excluding hydrogens is 448 g/mol. The van der Waals surface area contributed by atoms with E-state index in [-0.39, 0.29) is 0 Å². The quantitative estimate of drug-likeness (QED) is 0.299. The lowest BCUT2D eigenvalue weighted by Crippen LogP contribution is -3.12. The summed E-state index contributed by atoms with van der Waals surface area (Å²) in [5, 5.41) is 0. The van der Waals surface area contributed by atoms with Crippen LogP contribution in [-0.2, 0) is 9.59 Å². The molecule has 1 fully saturated rings. The number of benzene rings is 2. The molecule has 8 heteroatoms. The van der Waals surface area contributed by atoms with Gasteiger partial charge in [0.25, 0.3) is 5.91 Å². The molecule has 188 valence electrons. The Bertz CT molecular complexity index is 1100. The molecule has 1 aliphatic heterocycles. The summed E-state index contributed by atoms with van der Waals surface area (Å²) in [6.07, 6.45) is 0. The highest BCUT2D eigenvalue weighted by atomic mass is 16.5. The average molecular weight is 484 g/mol. The number of para-hydroxylation sites is 1. The van der Waals surface area contributed by atoms with Gasteiger partial charge in [-0.1, -0.05) is 12.1 Å². The maximum atomic E-state index is 13.8. The van der Waals surface area contributed by atoms with Gasteiger partial charge in [0.05, 0.1) is 53.6 Å². The van der Waals surface area contributed by atoms with E-state index in [0.717, 1.165) is 13.1 Å². The van der Waals surface area contributed by atoms with Gasteiger partial charge in [0, 0.05) is 11.1 Å². The Morgan fingerprint density at radius 3 is 2.29 bits per heavy atom. The number of hydrogen-bond donors (Lipinski definition) is 1. The van der Waals surface area contributed by atoms with Crippen LogP contribution in [0.1, 0.15) is 41.4 Å². The molecule has 0 spiro atoms. The van der Waals surface area contributed by atoms with Crippen molar-refractivity contribution in [2.24, 2.45) is 5.92 Å². The van der Waals surface area contributed by atoms with Gasteiger partial charge in [0.2, 0.25) is 5.78 Å². The summed E-state index contributed by atoms with van der Waals surface area (Å²) < 4.78 is 16.4. The third-order valence-corrected chi connectivity index (χ3v) is 6.85. The summed E-state index contributed by atoms with van der Waals surface area (Å²) in [5.74, 6) is -1.43. The number of methoxy groups -OCH3 is 3. The van der Waals surface area contributed by atoms with Gasteiger partial charge in [-0.05, 0) is 50.6 Å². The number of ether oxygens (including phenoxy) is 3. The molecule has 0 aromatic heterocycles. The predicted octanol–water partition coefficient (Wildman–Crippen LogP) is 1.90. The van der Waals surface area contributed by atoms with Crippen LogP contribution in [0, 0.1) is 12.8 Å². The lowest BCUT2D eigenvalue weighted by molar-refractivity contribution is -0.895. The third-order valence-electron chi connectivity index (χ3n) is 6.85. The van der Waals surface area contributed by atoms with Crippen LogP contribution in [-0.4, -0.2) is 69.9 Å². The first-order chi connectivity index (χ1) is 16.8. The standard InChI is InChI=1S/C27H34N2O6/c1-7-28(8-2)14-15-29-23(20-10-9-11-21(34-5)26(20)35-6)22(25(31)27(29)32)24(30)19-13-12-18(33-4)16-17(19)3/h9-13,16,22-23H,7-8,14-15H2,1-6H3/p+1. The highest BCUT2D eigenvalue weighted by molar-refractivity contribution is 6.44. The summed E-state index contributed by atoms with van der Waals surface area (Å²) >= 11 is 0. The van der Waals surface area contributed by atoms with Gasteiger partial charge in [-0.3, -0.25) is 14.4 Å². The molecule has 2 atom stereocenters. The van der Waals surface area contributed by atoms with E-state index in [1.54, 1.807) is 50.4 Å². The molecule has 2 aromatic rings. The number of amides is 1. The predicted molar refractivity (Wildman–Crippen MR) is 131 cm³/mol. The molecule has 35 heavy (non-hydrogen) atoms. The summed E-state index contributed by atoms with van der Waals surface area (Å²) in [7, 11) is 4.59. The fraction of sp³-hybridized carbons (Fsp3) is 0.444. The van der Waals surface area contributed by atoms with Crippen molar-refractivity contribution in [2.75, 3.05) is 47.5 Å². The van der Waals surface area contributed by atoms with E-state index in [9.17, 15) is 14.4 Å². The molecule has 1 heterocycles. The van der Waals surface area contributed by atoms with E-state index in [0.29, 0.717) is 47.0 Å². The second kappa shape index (κ2) is 11.4. The molecule has 1 N–H and O–H groups in total. The maximum absolute atomic E-state index is 13.8. The first kappa shape index (κ1) is 26.2. The molecule has 1 saturated heterocycles. The first-order valence-electron chi connectivity index (χ1n) is 11.9. The van der Waals surface area contributed by atoms with Crippen molar-refractivity contribution in [2.45, 2.75) is 26.8 Å². The molecule has 8 nitrogen and oxygen atoms in total. The zero-order chi connectivity index (χ0) is 25.7.